The standard InChI is InChI=1S/C23H22F3NO2/c24-19-9-6-17(7-10-19)13-27(14-18-8-11-20(25)12-23(18)26)15-21(28)16-29-22-4-2-1-3-5-22/h1-12,21,28H,13-16H2. The molecule has 3 aromatic rings. The molecule has 0 saturated heterocycles. The van der Waals surface area contributed by atoms with E-state index in [9.17, 15) is 18.3 Å². The van der Waals surface area contributed by atoms with Gasteiger partial charge in [-0.1, -0.05) is 36.4 Å². The first-order chi connectivity index (χ1) is 14.0. The van der Waals surface area contributed by atoms with Crippen LogP contribution in [0.2, 0.25) is 0 Å². The van der Waals surface area contributed by atoms with Crippen molar-refractivity contribution in [2.45, 2.75) is 19.2 Å². The minimum atomic E-state index is -0.834. The Morgan fingerprint density at radius 1 is 0.828 bits per heavy atom. The molecular weight excluding hydrogens is 379 g/mol. The van der Waals surface area contributed by atoms with E-state index in [4.69, 9.17) is 4.74 Å². The van der Waals surface area contributed by atoms with Gasteiger partial charge in [-0.2, -0.15) is 0 Å². The van der Waals surface area contributed by atoms with E-state index in [1.165, 1.54) is 24.3 Å². The van der Waals surface area contributed by atoms with Gasteiger partial charge in [0.05, 0.1) is 0 Å². The van der Waals surface area contributed by atoms with Gasteiger partial charge in [0.2, 0.25) is 0 Å². The summed E-state index contributed by atoms with van der Waals surface area (Å²) in [5.41, 5.74) is 1.12. The summed E-state index contributed by atoms with van der Waals surface area (Å²) in [5.74, 6) is -1.00. The number of ether oxygens (including phenoxy) is 1. The molecule has 0 aliphatic rings. The second kappa shape index (κ2) is 10.1. The van der Waals surface area contributed by atoms with Crippen molar-refractivity contribution in [1.82, 2.24) is 4.90 Å². The van der Waals surface area contributed by atoms with Crippen molar-refractivity contribution in [1.29, 1.82) is 0 Å². The molecule has 0 spiro atoms. The molecule has 0 radical (unpaired) electrons. The molecule has 0 bridgehead atoms. The van der Waals surface area contributed by atoms with Crippen LogP contribution >= 0.6 is 0 Å². The van der Waals surface area contributed by atoms with Crippen LogP contribution in [0.5, 0.6) is 5.75 Å². The molecule has 3 nitrogen and oxygen atoms in total. The van der Waals surface area contributed by atoms with Crippen molar-refractivity contribution in [2.24, 2.45) is 0 Å². The zero-order chi connectivity index (χ0) is 20.6. The van der Waals surface area contributed by atoms with E-state index in [1.807, 2.05) is 23.1 Å². The summed E-state index contributed by atoms with van der Waals surface area (Å²) in [5, 5.41) is 10.4. The lowest BCUT2D eigenvalue weighted by molar-refractivity contribution is 0.0624. The monoisotopic (exact) mass is 401 g/mol. The van der Waals surface area contributed by atoms with Gasteiger partial charge in [0.15, 0.2) is 0 Å². The van der Waals surface area contributed by atoms with Crippen LogP contribution in [0.1, 0.15) is 11.1 Å². The van der Waals surface area contributed by atoms with E-state index < -0.39 is 17.7 Å². The molecule has 29 heavy (non-hydrogen) atoms. The summed E-state index contributed by atoms with van der Waals surface area (Å²) >= 11 is 0. The molecule has 6 heteroatoms. The number of halogens is 3. The maximum atomic E-state index is 14.1. The fourth-order valence-corrected chi connectivity index (χ4v) is 2.98. The van der Waals surface area contributed by atoms with Crippen LogP contribution in [0, 0.1) is 17.5 Å². The van der Waals surface area contributed by atoms with Gasteiger partial charge in [0, 0.05) is 31.3 Å². The molecule has 0 aliphatic heterocycles. The lowest BCUT2D eigenvalue weighted by Crippen LogP contribution is -2.35. The number of hydrogen-bond donors (Lipinski definition) is 1. The first-order valence-corrected chi connectivity index (χ1v) is 9.26. The smallest absolute Gasteiger partial charge is 0.130 e. The third kappa shape index (κ3) is 6.62. The molecule has 0 saturated carbocycles. The van der Waals surface area contributed by atoms with Gasteiger partial charge in [-0.05, 0) is 35.9 Å². The van der Waals surface area contributed by atoms with Crippen molar-refractivity contribution in [2.75, 3.05) is 13.2 Å². The van der Waals surface area contributed by atoms with Crippen LogP contribution in [0.4, 0.5) is 13.2 Å². The summed E-state index contributed by atoms with van der Waals surface area (Å²) in [6, 6.07) is 18.5. The Morgan fingerprint density at radius 3 is 2.21 bits per heavy atom. The normalized spacial score (nSPS) is 12.2. The van der Waals surface area contributed by atoms with Crippen molar-refractivity contribution in [3.63, 3.8) is 0 Å². The highest BCUT2D eigenvalue weighted by atomic mass is 19.1. The number of nitrogens with zero attached hydrogens (tertiary/aromatic N) is 1. The highest BCUT2D eigenvalue weighted by Crippen LogP contribution is 2.16. The SMILES string of the molecule is OC(COc1ccccc1)CN(Cc1ccc(F)cc1)Cc1ccc(F)cc1F. The molecule has 0 aromatic heterocycles. The molecule has 3 rings (SSSR count). The van der Waals surface area contributed by atoms with E-state index in [0.717, 1.165) is 11.6 Å². The average Bonchev–Trinajstić information content (AvgIpc) is 2.71. The summed E-state index contributed by atoms with van der Waals surface area (Å²) in [6.07, 6.45) is -0.834. The fourth-order valence-electron chi connectivity index (χ4n) is 2.98. The third-order valence-corrected chi connectivity index (χ3v) is 4.38. The molecule has 152 valence electrons. The Balaban J connectivity index is 1.68. The Hall–Kier alpha value is -2.83. The van der Waals surface area contributed by atoms with Crippen molar-refractivity contribution >= 4 is 0 Å². The Kier molecular flexibility index (Phi) is 7.27. The van der Waals surface area contributed by atoms with Gasteiger partial charge in [0.1, 0.15) is 35.9 Å². The van der Waals surface area contributed by atoms with Crippen molar-refractivity contribution in [3.8, 4) is 5.75 Å². The van der Waals surface area contributed by atoms with Gasteiger partial charge in [-0.25, -0.2) is 13.2 Å². The topological polar surface area (TPSA) is 32.7 Å². The van der Waals surface area contributed by atoms with E-state index in [2.05, 4.69) is 0 Å². The van der Waals surface area contributed by atoms with Gasteiger partial charge >= 0.3 is 0 Å². The quantitative estimate of drug-likeness (QED) is 0.571. The number of hydrogen-bond acceptors (Lipinski definition) is 3. The lowest BCUT2D eigenvalue weighted by atomic mass is 10.1. The third-order valence-electron chi connectivity index (χ3n) is 4.38. The fraction of sp³-hybridized carbons (Fsp3) is 0.217. The first-order valence-electron chi connectivity index (χ1n) is 9.26. The summed E-state index contributed by atoms with van der Waals surface area (Å²) in [7, 11) is 0. The van der Waals surface area contributed by atoms with Crippen LogP contribution in [0.25, 0.3) is 0 Å². The van der Waals surface area contributed by atoms with E-state index >= 15 is 0 Å². The maximum Gasteiger partial charge on any atom is 0.130 e. The minimum absolute atomic E-state index is 0.0653. The molecule has 0 heterocycles. The Labute approximate surface area is 168 Å². The number of rotatable bonds is 9. The predicted octanol–water partition coefficient (Wildman–Crippen LogP) is 4.55. The Bertz CT molecular complexity index is 904. The molecule has 1 N–H and O–H groups in total. The molecule has 1 unspecified atom stereocenters. The van der Waals surface area contributed by atoms with Crippen LogP contribution in [-0.2, 0) is 13.1 Å². The van der Waals surface area contributed by atoms with E-state index in [1.54, 1.807) is 24.3 Å². The lowest BCUT2D eigenvalue weighted by Gasteiger charge is -2.25. The largest absolute Gasteiger partial charge is 0.491 e. The summed E-state index contributed by atoms with van der Waals surface area (Å²) in [4.78, 5) is 1.81. The van der Waals surface area contributed by atoms with Gasteiger partial charge < -0.3 is 9.84 Å². The highest BCUT2D eigenvalue weighted by Gasteiger charge is 2.16. The molecule has 3 aromatic carbocycles. The molecule has 0 aliphatic carbocycles. The number of aliphatic hydroxyl groups excluding tert-OH is 1. The number of aliphatic hydroxyl groups is 1. The zero-order valence-electron chi connectivity index (χ0n) is 15.8. The molecule has 0 fully saturated rings. The highest BCUT2D eigenvalue weighted by molar-refractivity contribution is 5.21. The second-order valence-corrected chi connectivity index (χ2v) is 6.81. The Morgan fingerprint density at radius 2 is 1.52 bits per heavy atom. The van der Waals surface area contributed by atoms with Gasteiger partial charge in [-0.15, -0.1) is 0 Å². The predicted molar refractivity (Wildman–Crippen MR) is 105 cm³/mol. The van der Waals surface area contributed by atoms with Crippen LogP contribution in [0.3, 0.4) is 0 Å². The zero-order valence-corrected chi connectivity index (χ0v) is 15.8. The van der Waals surface area contributed by atoms with E-state index in [-0.39, 0.29) is 25.5 Å². The van der Waals surface area contributed by atoms with Crippen molar-refractivity contribution in [3.05, 3.63) is 101 Å². The number of benzene rings is 3. The molecular formula is C23H22F3NO2. The van der Waals surface area contributed by atoms with Crippen LogP contribution in [-0.4, -0.2) is 29.3 Å². The summed E-state index contributed by atoms with van der Waals surface area (Å²) in [6.45, 7) is 0.780. The van der Waals surface area contributed by atoms with Crippen LogP contribution < -0.4 is 4.74 Å². The van der Waals surface area contributed by atoms with E-state index in [0.29, 0.717) is 17.9 Å². The van der Waals surface area contributed by atoms with Gasteiger partial charge in [0.25, 0.3) is 0 Å². The molecule has 1 atom stereocenters. The maximum absolute atomic E-state index is 14.1. The summed E-state index contributed by atoms with van der Waals surface area (Å²) < 4.78 is 46.1. The second-order valence-electron chi connectivity index (χ2n) is 6.81. The average molecular weight is 401 g/mol. The number of para-hydroxylation sites is 1. The van der Waals surface area contributed by atoms with Gasteiger partial charge in [-0.3, -0.25) is 4.90 Å². The molecule has 0 amide bonds. The first kappa shape index (κ1) is 20.9. The minimum Gasteiger partial charge on any atom is -0.491 e. The van der Waals surface area contributed by atoms with Crippen molar-refractivity contribution < 1.29 is 23.0 Å². The van der Waals surface area contributed by atoms with Crippen LogP contribution in [0.15, 0.2) is 72.8 Å².